The van der Waals surface area contributed by atoms with Gasteiger partial charge in [-0.05, 0) is 25.0 Å². The number of esters is 1. The molecule has 1 heterocycles. The number of benzene rings is 1. The number of carbonyl (C=O) groups excluding carboxylic acids is 1. The summed E-state index contributed by atoms with van der Waals surface area (Å²) in [4.78, 5) is 15.6. The van der Waals surface area contributed by atoms with Gasteiger partial charge in [-0.1, -0.05) is 40.2 Å². The van der Waals surface area contributed by atoms with Crippen LogP contribution in [-0.4, -0.2) is 22.4 Å². The van der Waals surface area contributed by atoms with E-state index in [0.717, 1.165) is 16.5 Å². The van der Waals surface area contributed by atoms with Crippen molar-refractivity contribution in [2.24, 2.45) is 0 Å². The summed E-state index contributed by atoms with van der Waals surface area (Å²) in [6, 6.07) is 9.90. The number of fused-ring (bicyclic) bond motifs is 1. The zero-order valence-corrected chi connectivity index (χ0v) is 11.7. The van der Waals surface area contributed by atoms with Crippen LogP contribution in [0.2, 0.25) is 0 Å². The maximum absolute atomic E-state index is 11.6. The fourth-order valence-electron chi connectivity index (χ4n) is 1.84. The Morgan fingerprint density at radius 1 is 1.39 bits per heavy atom. The van der Waals surface area contributed by atoms with E-state index in [1.165, 1.54) is 0 Å². The van der Waals surface area contributed by atoms with Crippen LogP contribution in [0.15, 0.2) is 36.5 Å². The fraction of sp³-hybridized carbons (Fsp3) is 0.286. The number of nitrogens with zero attached hydrogens (tertiary/aromatic N) is 1. The first-order valence-corrected chi connectivity index (χ1v) is 6.77. The number of pyridine rings is 1. The predicted molar refractivity (Wildman–Crippen MR) is 74.8 cm³/mol. The van der Waals surface area contributed by atoms with Gasteiger partial charge in [0.1, 0.15) is 4.83 Å². The van der Waals surface area contributed by atoms with Crippen LogP contribution in [0.1, 0.15) is 12.5 Å². The molecule has 0 saturated heterocycles. The molecule has 1 unspecified atom stereocenters. The highest BCUT2D eigenvalue weighted by Gasteiger charge is 2.17. The minimum Gasteiger partial charge on any atom is -0.465 e. The molecular weight excluding hydrogens is 294 g/mol. The van der Waals surface area contributed by atoms with Crippen LogP contribution in [0.25, 0.3) is 10.9 Å². The summed E-state index contributed by atoms with van der Waals surface area (Å²) in [5.74, 6) is -0.231. The van der Waals surface area contributed by atoms with Crippen molar-refractivity contribution in [1.82, 2.24) is 4.98 Å². The molecule has 0 saturated carbocycles. The molecule has 1 aromatic carbocycles. The van der Waals surface area contributed by atoms with Gasteiger partial charge in [0, 0.05) is 11.6 Å². The maximum atomic E-state index is 11.6. The number of aromatic nitrogens is 1. The quantitative estimate of drug-likeness (QED) is 0.643. The molecule has 0 aliphatic rings. The van der Waals surface area contributed by atoms with Gasteiger partial charge in [0.25, 0.3) is 0 Å². The Balaban J connectivity index is 2.24. The zero-order valence-electron chi connectivity index (χ0n) is 10.1. The van der Waals surface area contributed by atoms with Crippen LogP contribution in [0, 0.1) is 0 Å². The second-order valence-electron chi connectivity index (χ2n) is 3.92. The van der Waals surface area contributed by atoms with Crippen molar-refractivity contribution in [3.63, 3.8) is 0 Å². The number of carbonyl (C=O) groups is 1. The molecule has 1 atom stereocenters. The van der Waals surface area contributed by atoms with Gasteiger partial charge in [-0.25, -0.2) is 0 Å². The highest BCUT2D eigenvalue weighted by molar-refractivity contribution is 9.10. The molecule has 0 N–H and O–H groups in total. The summed E-state index contributed by atoms with van der Waals surface area (Å²) >= 11 is 3.36. The Morgan fingerprint density at radius 3 is 2.94 bits per heavy atom. The normalized spacial score (nSPS) is 12.3. The standard InChI is InChI=1S/C14H14BrNO2/c1-2-18-14(17)12(15)9-11-6-3-5-10-7-4-8-16-13(10)11/h3-8,12H,2,9H2,1H3. The molecule has 0 bridgehead atoms. The van der Waals surface area contributed by atoms with E-state index < -0.39 is 0 Å². The summed E-state index contributed by atoms with van der Waals surface area (Å²) in [6.07, 6.45) is 2.34. The molecule has 0 aliphatic heterocycles. The van der Waals surface area contributed by atoms with Gasteiger partial charge in [-0.2, -0.15) is 0 Å². The van der Waals surface area contributed by atoms with Crippen LogP contribution in [0.3, 0.4) is 0 Å². The van der Waals surface area contributed by atoms with Gasteiger partial charge >= 0.3 is 5.97 Å². The lowest BCUT2D eigenvalue weighted by molar-refractivity contribution is -0.142. The third-order valence-electron chi connectivity index (χ3n) is 2.66. The number of hydrogen-bond acceptors (Lipinski definition) is 3. The van der Waals surface area contributed by atoms with E-state index in [1.807, 2.05) is 30.3 Å². The average molecular weight is 308 g/mol. The Morgan fingerprint density at radius 2 is 2.17 bits per heavy atom. The number of para-hydroxylation sites is 1. The van der Waals surface area contributed by atoms with E-state index in [9.17, 15) is 4.79 Å². The molecule has 0 aliphatic carbocycles. The molecule has 4 heteroatoms. The van der Waals surface area contributed by atoms with E-state index in [2.05, 4.69) is 20.9 Å². The van der Waals surface area contributed by atoms with E-state index in [-0.39, 0.29) is 10.8 Å². The van der Waals surface area contributed by atoms with Gasteiger partial charge in [0.05, 0.1) is 12.1 Å². The minimum absolute atomic E-state index is 0.231. The number of halogens is 1. The molecule has 18 heavy (non-hydrogen) atoms. The molecule has 0 spiro atoms. The molecule has 2 rings (SSSR count). The Hall–Kier alpha value is -1.42. The Kier molecular flexibility index (Phi) is 4.31. The summed E-state index contributed by atoms with van der Waals surface area (Å²) in [6.45, 7) is 2.20. The zero-order chi connectivity index (χ0) is 13.0. The van der Waals surface area contributed by atoms with Gasteiger partial charge in [0.2, 0.25) is 0 Å². The number of ether oxygens (including phenoxy) is 1. The molecule has 1 aromatic heterocycles. The third kappa shape index (κ3) is 2.88. The van der Waals surface area contributed by atoms with E-state index >= 15 is 0 Å². The van der Waals surface area contributed by atoms with Crippen LogP contribution in [0.5, 0.6) is 0 Å². The SMILES string of the molecule is CCOC(=O)C(Br)Cc1cccc2cccnc12. The summed E-state index contributed by atoms with van der Waals surface area (Å²) in [7, 11) is 0. The predicted octanol–water partition coefficient (Wildman–Crippen LogP) is 3.10. The van der Waals surface area contributed by atoms with Crippen LogP contribution < -0.4 is 0 Å². The van der Waals surface area contributed by atoms with Crippen molar-refractivity contribution in [1.29, 1.82) is 0 Å². The molecule has 0 radical (unpaired) electrons. The van der Waals surface area contributed by atoms with Gasteiger partial charge < -0.3 is 4.74 Å². The molecule has 0 amide bonds. The fourth-order valence-corrected chi connectivity index (χ4v) is 2.32. The molecular formula is C14H14BrNO2. The Labute approximate surface area is 114 Å². The number of hydrogen-bond donors (Lipinski definition) is 0. The van der Waals surface area contributed by atoms with Crippen molar-refractivity contribution < 1.29 is 9.53 Å². The molecule has 94 valence electrons. The average Bonchev–Trinajstić information content (AvgIpc) is 2.39. The van der Waals surface area contributed by atoms with Crippen molar-refractivity contribution >= 4 is 32.8 Å². The van der Waals surface area contributed by atoms with Crippen LogP contribution in [0.4, 0.5) is 0 Å². The lowest BCUT2D eigenvalue weighted by Gasteiger charge is -2.10. The van der Waals surface area contributed by atoms with Crippen LogP contribution in [-0.2, 0) is 16.0 Å². The van der Waals surface area contributed by atoms with Crippen molar-refractivity contribution in [2.45, 2.75) is 18.2 Å². The first-order chi connectivity index (χ1) is 8.72. The number of rotatable bonds is 4. The summed E-state index contributed by atoms with van der Waals surface area (Å²) in [5.41, 5.74) is 1.98. The van der Waals surface area contributed by atoms with Crippen molar-refractivity contribution in [2.75, 3.05) is 6.61 Å². The second-order valence-corrected chi connectivity index (χ2v) is 5.02. The van der Waals surface area contributed by atoms with Gasteiger partial charge in [-0.15, -0.1) is 0 Å². The van der Waals surface area contributed by atoms with Gasteiger partial charge in [-0.3, -0.25) is 9.78 Å². The van der Waals surface area contributed by atoms with E-state index in [0.29, 0.717) is 13.0 Å². The number of alkyl halides is 1. The topological polar surface area (TPSA) is 39.2 Å². The maximum Gasteiger partial charge on any atom is 0.320 e. The highest BCUT2D eigenvalue weighted by atomic mass is 79.9. The highest BCUT2D eigenvalue weighted by Crippen LogP contribution is 2.20. The molecule has 3 nitrogen and oxygen atoms in total. The van der Waals surface area contributed by atoms with Crippen molar-refractivity contribution in [3.8, 4) is 0 Å². The molecule has 2 aromatic rings. The minimum atomic E-state index is -0.329. The Bertz CT molecular complexity index is 551. The van der Waals surface area contributed by atoms with Crippen LogP contribution >= 0.6 is 15.9 Å². The lowest BCUT2D eigenvalue weighted by atomic mass is 10.1. The summed E-state index contributed by atoms with van der Waals surface area (Å²) < 4.78 is 4.98. The van der Waals surface area contributed by atoms with E-state index in [1.54, 1.807) is 13.1 Å². The molecule has 0 fully saturated rings. The van der Waals surface area contributed by atoms with Crippen molar-refractivity contribution in [3.05, 3.63) is 42.1 Å². The van der Waals surface area contributed by atoms with Gasteiger partial charge in [0.15, 0.2) is 0 Å². The largest absolute Gasteiger partial charge is 0.465 e. The first-order valence-electron chi connectivity index (χ1n) is 5.85. The monoisotopic (exact) mass is 307 g/mol. The van der Waals surface area contributed by atoms with E-state index in [4.69, 9.17) is 4.74 Å². The first kappa shape index (κ1) is 13.0. The second kappa shape index (κ2) is 5.96. The lowest BCUT2D eigenvalue weighted by Crippen LogP contribution is -2.19. The third-order valence-corrected chi connectivity index (χ3v) is 3.36. The smallest absolute Gasteiger partial charge is 0.320 e. The summed E-state index contributed by atoms with van der Waals surface area (Å²) in [5, 5.41) is 1.08.